The van der Waals surface area contributed by atoms with E-state index >= 15 is 0 Å². The van der Waals surface area contributed by atoms with Crippen LogP contribution < -0.4 is 16.4 Å². The van der Waals surface area contributed by atoms with Crippen LogP contribution in [0.2, 0.25) is 0 Å². The maximum Gasteiger partial charge on any atom is 0.245 e. The first-order chi connectivity index (χ1) is 7.92. The molecular weight excluding hydrogens is 214 g/mol. The van der Waals surface area contributed by atoms with Crippen molar-refractivity contribution in [2.45, 2.75) is 25.9 Å². The maximum absolute atomic E-state index is 11.8. The van der Waals surface area contributed by atoms with Crippen molar-refractivity contribution in [2.75, 3.05) is 0 Å². The Balaban J connectivity index is 2.55. The van der Waals surface area contributed by atoms with E-state index in [0.29, 0.717) is 6.54 Å². The molecule has 0 saturated carbocycles. The normalized spacial score (nSPS) is 10.9. The van der Waals surface area contributed by atoms with E-state index in [1.807, 2.05) is 30.3 Å². The van der Waals surface area contributed by atoms with Crippen LogP contribution in [-0.2, 0) is 11.3 Å². The van der Waals surface area contributed by atoms with Gasteiger partial charge in [-0.2, -0.15) is 0 Å². The molecule has 0 saturated heterocycles. The number of nitrogens with two attached hydrogens (primary N) is 1. The topological polar surface area (TPSA) is 67.1 Å². The van der Waals surface area contributed by atoms with Gasteiger partial charge in [0.1, 0.15) is 0 Å². The van der Waals surface area contributed by atoms with E-state index in [1.165, 1.54) is 0 Å². The fourth-order valence-corrected chi connectivity index (χ4v) is 1.30. The van der Waals surface area contributed by atoms with E-state index in [0.717, 1.165) is 5.56 Å². The van der Waals surface area contributed by atoms with Crippen molar-refractivity contribution in [3.8, 4) is 0 Å². The van der Waals surface area contributed by atoms with Crippen LogP contribution in [0.5, 0.6) is 0 Å². The summed E-state index contributed by atoms with van der Waals surface area (Å²) in [5, 5.41) is 5.67. The van der Waals surface area contributed by atoms with E-state index in [2.05, 4.69) is 17.2 Å². The molecule has 0 aliphatic rings. The molecular formula is C13H19N3O. The average molecular weight is 233 g/mol. The van der Waals surface area contributed by atoms with Gasteiger partial charge in [-0.05, 0) is 19.4 Å². The van der Waals surface area contributed by atoms with Gasteiger partial charge in [-0.1, -0.05) is 36.9 Å². The SMILES string of the molecule is C=C(N)NC(=O)C(C)(C)NCc1ccccc1. The molecule has 4 nitrogen and oxygen atoms in total. The van der Waals surface area contributed by atoms with Crippen LogP contribution in [-0.4, -0.2) is 11.4 Å². The molecule has 4 N–H and O–H groups in total. The number of benzene rings is 1. The third-order valence-electron chi connectivity index (χ3n) is 2.42. The number of hydrogen-bond acceptors (Lipinski definition) is 3. The molecule has 0 aliphatic heterocycles. The van der Waals surface area contributed by atoms with Gasteiger partial charge in [0.2, 0.25) is 5.91 Å². The van der Waals surface area contributed by atoms with Gasteiger partial charge < -0.3 is 11.1 Å². The zero-order valence-corrected chi connectivity index (χ0v) is 10.3. The van der Waals surface area contributed by atoms with Gasteiger partial charge in [0, 0.05) is 6.54 Å². The minimum Gasteiger partial charge on any atom is -0.386 e. The second-order valence-corrected chi connectivity index (χ2v) is 4.44. The quantitative estimate of drug-likeness (QED) is 0.713. The second kappa shape index (κ2) is 5.50. The Bertz CT molecular complexity index is 398. The second-order valence-electron chi connectivity index (χ2n) is 4.44. The molecule has 0 aromatic heterocycles. The lowest BCUT2D eigenvalue weighted by molar-refractivity contribution is -0.125. The summed E-state index contributed by atoms with van der Waals surface area (Å²) in [6.45, 7) is 7.67. The van der Waals surface area contributed by atoms with E-state index in [9.17, 15) is 4.79 Å². The van der Waals surface area contributed by atoms with Crippen molar-refractivity contribution in [3.63, 3.8) is 0 Å². The molecule has 17 heavy (non-hydrogen) atoms. The lowest BCUT2D eigenvalue weighted by atomic mass is 10.0. The fraction of sp³-hybridized carbons (Fsp3) is 0.308. The predicted molar refractivity (Wildman–Crippen MR) is 68.8 cm³/mol. The lowest BCUT2D eigenvalue weighted by Gasteiger charge is -2.25. The first kappa shape index (κ1) is 13.3. The molecule has 0 unspecified atom stereocenters. The molecule has 0 heterocycles. The molecule has 0 atom stereocenters. The smallest absolute Gasteiger partial charge is 0.245 e. The summed E-state index contributed by atoms with van der Waals surface area (Å²) in [6.07, 6.45) is 0. The van der Waals surface area contributed by atoms with E-state index < -0.39 is 5.54 Å². The Kier molecular flexibility index (Phi) is 4.29. The molecule has 92 valence electrons. The van der Waals surface area contributed by atoms with Crippen molar-refractivity contribution in [2.24, 2.45) is 5.73 Å². The summed E-state index contributed by atoms with van der Waals surface area (Å²) < 4.78 is 0. The predicted octanol–water partition coefficient (Wildman–Crippen LogP) is 1.10. The summed E-state index contributed by atoms with van der Waals surface area (Å²) in [6, 6.07) is 9.89. The van der Waals surface area contributed by atoms with Crippen molar-refractivity contribution in [3.05, 3.63) is 48.3 Å². The molecule has 0 aliphatic carbocycles. The highest BCUT2D eigenvalue weighted by atomic mass is 16.2. The summed E-state index contributed by atoms with van der Waals surface area (Å²) in [4.78, 5) is 11.8. The van der Waals surface area contributed by atoms with Crippen molar-refractivity contribution >= 4 is 5.91 Å². The highest BCUT2D eigenvalue weighted by molar-refractivity contribution is 5.86. The highest BCUT2D eigenvalue weighted by Crippen LogP contribution is 2.06. The molecule has 1 aromatic rings. The van der Waals surface area contributed by atoms with Crippen LogP contribution in [0.3, 0.4) is 0 Å². The van der Waals surface area contributed by atoms with Gasteiger partial charge >= 0.3 is 0 Å². The number of carbonyl (C=O) groups is 1. The van der Waals surface area contributed by atoms with E-state index in [1.54, 1.807) is 13.8 Å². The lowest BCUT2D eigenvalue weighted by Crippen LogP contribution is -2.52. The van der Waals surface area contributed by atoms with Gasteiger partial charge in [-0.25, -0.2) is 0 Å². The van der Waals surface area contributed by atoms with Crippen LogP contribution in [0.1, 0.15) is 19.4 Å². The minimum atomic E-state index is -0.696. The van der Waals surface area contributed by atoms with E-state index in [-0.39, 0.29) is 11.7 Å². The largest absolute Gasteiger partial charge is 0.386 e. The highest BCUT2D eigenvalue weighted by Gasteiger charge is 2.26. The summed E-state index contributed by atoms with van der Waals surface area (Å²) in [5.41, 5.74) is 5.77. The number of rotatable bonds is 5. The van der Waals surface area contributed by atoms with Crippen LogP contribution in [0.4, 0.5) is 0 Å². The van der Waals surface area contributed by atoms with Gasteiger partial charge in [0.15, 0.2) is 0 Å². The third-order valence-corrected chi connectivity index (χ3v) is 2.42. The van der Waals surface area contributed by atoms with Gasteiger partial charge in [-0.3, -0.25) is 10.1 Å². The van der Waals surface area contributed by atoms with Gasteiger partial charge in [0.25, 0.3) is 0 Å². The molecule has 1 aromatic carbocycles. The Morgan fingerprint density at radius 3 is 2.47 bits per heavy atom. The van der Waals surface area contributed by atoms with Crippen molar-refractivity contribution in [1.82, 2.24) is 10.6 Å². The summed E-state index contributed by atoms with van der Waals surface area (Å²) >= 11 is 0. The van der Waals surface area contributed by atoms with Crippen molar-refractivity contribution in [1.29, 1.82) is 0 Å². The summed E-state index contributed by atoms with van der Waals surface area (Å²) in [7, 11) is 0. The number of hydrogen-bond donors (Lipinski definition) is 3. The van der Waals surface area contributed by atoms with Gasteiger partial charge in [-0.15, -0.1) is 0 Å². The third kappa shape index (κ3) is 4.28. The van der Waals surface area contributed by atoms with Crippen LogP contribution in [0.15, 0.2) is 42.7 Å². The fourth-order valence-electron chi connectivity index (χ4n) is 1.30. The Morgan fingerprint density at radius 1 is 1.35 bits per heavy atom. The molecule has 4 heteroatoms. The first-order valence-electron chi connectivity index (χ1n) is 5.46. The number of carbonyl (C=O) groups excluding carboxylic acids is 1. The molecule has 0 spiro atoms. The number of nitrogens with one attached hydrogen (secondary N) is 2. The van der Waals surface area contributed by atoms with Crippen LogP contribution in [0.25, 0.3) is 0 Å². The molecule has 0 bridgehead atoms. The maximum atomic E-state index is 11.8. The molecule has 0 radical (unpaired) electrons. The minimum absolute atomic E-state index is 0.157. The zero-order chi connectivity index (χ0) is 12.9. The zero-order valence-electron chi connectivity index (χ0n) is 10.3. The Labute approximate surface area is 102 Å². The molecule has 1 rings (SSSR count). The number of amides is 1. The van der Waals surface area contributed by atoms with E-state index in [4.69, 9.17) is 5.73 Å². The molecule has 1 amide bonds. The van der Waals surface area contributed by atoms with Crippen LogP contribution >= 0.6 is 0 Å². The first-order valence-corrected chi connectivity index (χ1v) is 5.46. The Morgan fingerprint density at radius 2 is 1.94 bits per heavy atom. The summed E-state index contributed by atoms with van der Waals surface area (Å²) in [5.74, 6) is -0.0366. The standard InChI is InChI=1S/C13H19N3O/c1-10(14)16-12(17)13(2,3)15-9-11-7-5-4-6-8-11/h4-8,15H,1,9,14H2,2-3H3,(H,16,17). The Hall–Kier alpha value is -1.81. The van der Waals surface area contributed by atoms with Gasteiger partial charge in [0.05, 0.1) is 11.4 Å². The van der Waals surface area contributed by atoms with Crippen molar-refractivity contribution < 1.29 is 4.79 Å². The van der Waals surface area contributed by atoms with Crippen LogP contribution in [0, 0.1) is 0 Å². The monoisotopic (exact) mass is 233 g/mol. The average Bonchev–Trinajstić information content (AvgIpc) is 2.27. The molecule has 0 fully saturated rings.